The highest BCUT2D eigenvalue weighted by Crippen LogP contribution is 2.29. The molecule has 1 heterocycles. The Balaban J connectivity index is 0.00000199. The Morgan fingerprint density at radius 1 is 1.00 bits per heavy atom. The van der Waals surface area contributed by atoms with Crippen molar-refractivity contribution in [3.8, 4) is 17.1 Å². The molecule has 0 unspecified atom stereocenters. The van der Waals surface area contributed by atoms with E-state index in [4.69, 9.17) is 14.2 Å². The molecule has 0 spiro atoms. The van der Waals surface area contributed by atoms with Crippen LogP contribution in [-0.2, 0) is 9.47 Å². The summed E-state index contributed by atoms with van der Waals surface area (Å²) in [6.45, 7) is 8.23. The third kappa shape index (κ3) is 6.71. The molecule has 0 radical (unpaired) electrons. The van der Waals surface area contributed by atoms with Crippen molar-refractivity contribution in [2.24, 2.45) is 0 Å². The summed E-state index contributed by atoms with van der Waals surface area (Å²) in [5.74, 6) is -1.75. The molecule has 7 nitrogen and oxygen atoms in total. The number of nitrogens with one attached hydrogen (secondary N) is 1. The van der Waals surface area contributed by atoms with Crippen LogP contribution in [0.5, 0.6) is 5.75 Å². The van der Waals surface area contributed by atoms with Gasteiger partial charge >= 0.3 is 5.97 Å². The molecule has 0 saturated carbocycles. The summed E-state index contributed by atoms with van der Waals surface area (Å²) in [7, 11) is 1.59. The molecule has 0 aliphatic rings. The summed E-state index contributed by atoms with van der Waals surface area (Å²) in [5, 5.41) is 3.02. The van der Waals surface area contributed by atoms with Crippen molar-refractivity contribution >= 4 is 17.5 Å². The zero-order valence-corrected chi connectivity index (χ0v) is 19.9. The fourth-order valence-electron chi connectivity index (χ4n) is 2.95. The van der Waals surface area contributed by atoms with Gasteiger partial charge in [0.2, 0.25) is 0 Å². The van der Waals surface area contributed by atoms with Crippen molar-refractivity contribution in [2.75, 3.05) is 32.2 Å². The number of halogens is 2. The standard InChI is InChI=1S/C23H23F2N3O4.C2H6/c1-4-31-23(29)19-14(2)26-22(20-17(24)6-5-7-18(20)25)28-21(19)27-15-8-10-16(11-9-15)32-13-12-30-3;1-2/h5-11H,4,12-13H2,1-3H3,(H,26,27,28);1-2H3. The van der Waals surface area contributed by atoms with Crippen LogP contribution in [0.15, 0.2) is 42.5 Å². The van der Waals surface area contributed by atoms with Gasteiger partial charge in [0.25, 0.3) is 0 Å². The van der Waals surface area contributed by atoms with E-state index >= 15 is 0 Å². The van der Waals surface area contributed by atoms with Gasteiger partial charge < -0.3 is 19.5 Å². The fraction of sp³-hybridized carbons (Fsp3) is 0.320. The number of carbonyl (C=O) groups excluding carboxylic acids is 1. The van der Waals surface area contributed by atoms with E-state index < -0.39 is 17.6 Å². The van der Waals surface area contributed by atoms with Crippen LogP contribution in [0.1, 0.15) is 36.8 Å². The molecule has 2 aromatic carbocycles. The third-order valence-electron chi connectivity index (χ3n) is 4.43. The maximum Gasteiger partial charge on any atom is 0.343 e. The number of hydrogen-bond acceptors (Lipinski definition) is 7. The minimum absolute atomic E-state index is 0.0710. The number of hydrogen-bond donors (Lipinski definition) is 1. The molecule has 182 valence electrons. The molecule has 0 aliphatic heterocycles. The summed E-state index contributed by atoms with van der Waals surface area (Å²) in [6.07, 6.45) is 0. The van der Waals surface area contributed by atoms with Crippen molar-refractivity contribution < 1.29 is 27.8 Å². The molecule has 0 amide bonds. The first kappa shape index (κ1) is 26.7. The average Bonchev–Trinajstić information content (AvgIpc) is 2.81. The monoisotopic (exact) mass is 473 g/mol. The fourth-order valence-corrected chi connectivity index (χ4v) is 2.95. The van der Waals surface area contributed by atoms with Crippen LogP contribution in [-0.4, -0.2) is 42.9 Å². The first-order chi connectivity index (χ1) is 16.4. The van der Waals surface area contributed by atoms with Gasteiger partial charge in [0.15, 0.2) is 5.82 Å². The first-order valence-electron chi connectivity index (χ1n) is 10.9. The number of ether oxygens (including phenoxy) is 3. The number of rotatable bonds is 9. The van der Waals surface area contributed by atoms with Crippen molar-refractivity contribution in [3.05, 3.63) is 65.4 Å². The molecular formula is C25H29F2N3O4. The van der Waals surface area contributed by atoms with Crippen LogP contribution in [0.25, 0.3) is 11.4 Å². The van der Waals surface area contributed by atoms with E-state index in [-0.39, 0.29) is 35.1 Å². The van der Waals surface area contributed by atoms with Crippen molar-refractivity contribution in [2.45, 2.75) is 27.7 Å². The summed E-state index contributed by atoms with van der Waals surface area (Å²) in [4.78, 5) is 21.0. The van der Waals surface area contributed by atoms with Gasteiger partial charge in [0.05, 0.1) is 24.5 Å². The number of esters is 1. The Kier molecular flexibility index (Phi) is 10.3. The van der Waals surface area contributed by atoms with Crippen LogP contribution in [0.3, 0.4) is 0 Å². The second kappa shape index (κ2) is 13.2. The van der Waals surface area contributed by atoms with Gasteiger partial charge in [0.1, 0.15) is 35.4 Å². The Bertz CT molecular complexity index is 1070. The molecule has 0 bridgehead atoms. The quantitative estimate of drug-likeness (QED) is 0.315. The number of benzene rings is 2. The lowest BCUT2D eigenvalue weighted by molar-refractivity contribution is 0.0526. The second-order valence-corrected chi connectivity index (χ2v) is 6.66. The molecule has 0 atom stereocenters. The molecule has 9 heteroatoms. The van der Waals surface area contributed by atoms with Gasteiger partial charge in [-0.25, -0.2) is 23.5 Å². The molecule has 0 fully saturated rings. The number of nitrogens with zero attached hydrogens (tertiary/aromatic N) is 2. The smallest absolute Gasteiger partial charge is 0.343 e. The topological polar surface area (TPSA) is 82.6 Å². The lowest BCUT2D eigenvalue weighted by Gasteiger charge is -2.15. The van der Waals surface area contributed by atoms with Crippen LogP contribution in [0, 0.1) is 18.6 Å². The van der Waals surface area contributed by atoms with Crippen LogP contribution in [0.4, 0.5) is 20.3 Å². The molecular weight excluding hydrogens is 444 g/mol. The normalized spacial score (nSPS) is 10.2. The van der Waals surface area contributed by atoms with E-state index in [9.17, 15) is 13.6 Å². The van der Waals surface area contributed by atoms with Gasteiger partial charge in [-0.2, -0.15) is 0 Å². The Hall–Kier alpha value is -3.59. The molecule has 0 aliphatic carbocycles. The molecule has 34 heavy (non-hydrogen) atoms. The Labute approximate surface area is 198 Å². The first-order valence-corrected chi connectivity index (χ1v) is 10.9. The van der Waals surface area contributed by atoms with E-state index in [1.165, 1.54) is 6.07 Å². The van der Waals surface area contributed by atoms with Crippen molar-refractivity contribution in [1.82, 2.24) is 9.97 Å². The summed E-state index contributed by atoms with van der Waals surface area (Å²) >= 11 is 0. The SMILES string of the molecule is CC.CCOC(=O)c1c(C)nc(-c2c(F)cccc2F)nc1Nc1ccc(OCCOC)cc1. The zero-order valence-electron chi connectivity index (χ0n) is 19.9. The zero-order chi connectivity index (χ0) is 25.1. The predicted octanol–water partition coefficient (Wildman–Crippen LogP) is 5.70. The molecule has 3 rings (SSSR count). The lowest BCUT2D eigenvalue weighted by atomic mass is 10.1. The number of methoxy groups -OCH3 is 1. The highest BCUT2D eigenvalue weighted by molar-refractivity contribution is 5.97. The molecule has 1 aromatic heterocycles. The predicted molar refractivity (Wildman–Crippen MR) is 127 cm³/mol. The Morgan fingerprint density at radius 3 is 2.24 bits per heavy atom. The number of anilines is 2. The highest BCUT2D eigenvalue weighted by atomic mass is 19.1. The van der Waals surface area contributed by atoms with Crippen LogP contribution < -0.4 is 10.1 Å². The highest BCUT2D eigenvalue weighted by Gasteiger charge is 2.23. The molecule has 3 aromatic rings. The van der Waals surface area contributed by atoms with Gasteiger partial charge in [-0.1, -0.05) is 19.9 Å². The third-order valence-corrected chi connectivity index (χ3v) is 4.43. The van der Waals surface area contributed by atoms with E-state index in [1.54, 1.807) is 45.2 Å². The minimum Gasteiger partial charge on any atom is -0.491 e. The van der Waals surface area contributed by atoms with Crippen molar-refractivity contribution in [3.63, 3.8) is 0 Å². The van der Waals surface area contributed by atoms with Crippen molar-refractivity contribution in [1.29, 1.82) is 0 Å². The summed E-state index contributed by atoms with van der Waals surface area (Å²) in [5.41, 5.74) is 0.495. The maximum absolute atomic E-state index is 14.3. The van der Waals surface area contributed by atoms with E-state index in [1.807, 2.05) is 13.8 Å². The summed E-state index contributed by atoms with van der Waals surface area (Å²) < 4.78 is 44.2. The Morgan fingerprint density at radius 2 is 1.65 bits per heavy atom. The number of aryl methyl sites for hydroxylation is 1. The number of aromatic nitrogens is 2. The van der Waals surface area contributed by atoms with E-state index in [0.29, 0.717) is 24.7 Å². The second-order valence-electron chi connectivity index (χ2n) is 6.66. The van der Waals surface area contributed by atoms with Gasteiger partial charge in [-0.3, -0.25) is 0 Å². The molecule has 1 N–H and O–H groups in total. The van der Waals surface area contributed by atoms with E-state index in [2.05, 4.69) is 15.3 Å². The van der Waals surface area contributed by atoms with Crippen LogP contribution >= 0.6 is 0 Å². The largest absolute Gasteiger partial charge is 0.491 e. The number of carbonyl (C=O) groups is 1. The average molecular weight is 474 g/mol. The maximum atomic E-state index is 14.3. The van der Waals surface area contributed by atoms with Crippen LogP contribution in [0.2, 0.25) is 0 Å². The minimum atomic E-state index is -0.809. The van der Waals surface area contributed by atoms with Gasteiger partial charge in [-0.05, 0) is 50.2 Å². The van der Waals surface area contributed by atoms with Gasteiger partial charge in [0, 0.05) is 12.8 Å². The lowest BCUT2D eigenvalue weighted by Crippen LogP contribution is -2.14. The summed E-state index contributed by atoms with van der Waals surface area (Å²) in [6, 6.07) is 10.4. The van der Waals surface area contributed by atoms with Gasteiger partial charge in [-0.15, -0.1) is 0 Å². The molecule has 0 saturated heterocycles. The van der Waals surface area contributed by atoms with E-state index in [0.717, 1.165) is 12.1 Å².